The Hall–Kier alpha value is -2.09. The van der Waals surface area contributed by atoms with E-state index in [4.69, 9.17) is 16.2 Å². The van der Waals surface area contributed by atoms with Crippen LogP contribution in [0.15, 0.2) is 17.6 Å². The summed E-state index contributed by atoms with van der Waals surface area (Å²) in [7, 11) is 0. The highest BCUT2D eigenvalue weighted by molar-refractivity contribution is 6.23. The molecule has 0 radical (unpaired) electrons. The third-order valence-corrected chi connectivity index (χ3v) is 4.36. The number of aliphatic hydroxyl groups excluding tert-OH is 3. The number of ether oxygens (including phenoxy) is 1. The Morgan fingerprint density at radius 1 is 1.32 bits per heavy atom. The number of urea groups is 1. The molecule has 3 rings (SSSR count). The number of amidine groups is 1. The van der Waals surface area contributed by atoms with Gasteiger partial charge in [0.1, 0.15) is 18.3 Å². The first-order chi connectivity index (χ1) is 11.7. The van der Waals surface area contributed by atoms with Crippen LogP contribution in [0.4, 0.5) is 4.79 Å². The number of nitrogens with one attached hydrogen (secondary N) is 2. The molecule has 12 nitrogen and oxygen atoms in total. The number of hydrogen-bond acceptors (Lipinski definition) is 9. The smallest absolute Gasteiger partial charge is 0.326 e. The van der Waals surface area contributed by atoms with Crippen molar-refractivity contribution in [3.63, 3.8) is 0 Å². The van der Waals surface area contributed by atoms with E-state index in [1.54, 1.807) is 0 Å². The second-order valence-corrected chi connectivity index (χ2v) is 6.14. The Morgan fingerprint density at radius 2 is 2.00 bits per heavy atom. The lowest BCUT2D eigenvalue weighted by molar-refractivity contribution is -0.127. The summed E-state index contributed by atoms with van der Waals surface area (Å²) in [5.74, 6) is -2.84. The number of rotatable bonds is 4. The molecule has 9 N–H and O–H groups in total. The van der Waals surface area contributed by atoms with Gasteiger partial charge in [-0.3, -0.25) is 16.3 Å². The van der Waals surface area contributed by atoms with Gasteiger partial charge >= 0.3 is 6.03 Å². The molecule has 3 aliphatic heterocycles. The number of hydrogen-bond donors (Lipinski definition) is 7. The van der Waals surface area contributed by atoms with Crippen molar-refractivity contribution in [3.8, 4) is 0 Å². The first-order valence-corrected chi connectivity index (χ1v) is 7.52. The van der Waals surface area contributed by atoms with E-state index in [2.05, 4.69) is 22.2 Å². The molecule has 5 atom stereocenters. The van der Waals surface area contributed by atoms with Crippen molar-refractivity contribution >= 4 is 17.8 Å². The van der Waals surface area contributed by atoms with Crippen LogP contribution in [-0.4, -0.2) is 80.6 Å². The lowest BCUT2D eigenvalue weighted by atomic mass is 9.91. The Morgan fingerprint density at radius 3 is 2.56 bits per heavy atom. The summed E-state index contributed by atoms with van der Waals surface area (Å²) >= 11 is 0. The average molecular weight is 356 g/mol. The summed E-state index contributed by atoms with van der Waals surface area (Å²) in [6, 6.07) is -0.803. The quantitative estimate of drug-likeness (QED) is 0.194. The molecule has 3 heterocycles. The molecule has 0 aromatic rings. The number of fused-ring (bicyclic) bond motifs is 1. The predicted octanol–water partition coefficient (Wildman–Crippen LogP) is -4.18. The normalized spacial score (nSPS) is 39.6. The van der Waals surface area contributed by atoms with E-state index in [1.807, 2.05) is 0 Å². The van der Waals surface area contributed by atoms with Crippen LogP contribution < -0.4 is 22.1 Å². The van der Waals surface area contributed by atoms with E-state index >= 15 is 0 Å². The summed E-state index contributed by atoms with van der Waals surface area (Å²) in [6.45, 7) is 2.98. The van der Waals surface area contributed by atoms with Crippen LogP contribution in [0.25, 0.3) is 0 Å². The molecule has 0 aromatic heterocycles. The molecule has 25 heavy (non-hydrogen) atoms. The maximum Gasteiger partial charge on any atom is 0.326 e. The number of amides is 3. The molecule has 0 spiro atoms. The zero-order valence-corrected chi connectivity index (χ0v) is 13.1. The van der Waals surface area contributed by atoms with Gasteiger partial charge in [0.15, 0.2) is 17.6 Å². The van der Waals surface area contributed by atoms with Gasteiger partial charge in [0.05, 0.1) is 6.61 Å². The molecule has 2 saturated heterocycles. The lowest BCUT2D eigenvalue weighted by Gasteiger charge is -2.38. The highest BCUT2D eigenvalue weighted by atomic mass is 16.6. The minimum Gasteiger partial charge on any atom is -0.394 e. The second-order valence-electron chi connectivity index (χ2n) is 6.14. The van der Waals surface area contributed by atoms with Gasteiger partial charge in [0.25, 0.3) is 5.91 Å². The van der Waals surface area contributed by atoms with Gasteiger partial charge in [-0.1, -0.05) is 6.08 Å². The molecule has 3 unspecified atom stereocenters. The Kier molecular flexibility index (Phi) is 4.06. The monoisotopic (exact) mass is 356 g/mol. The Labute approximate surface area is 142 Å². The van der Waals surface area contributed by atoms with E-state index in [0.717, 1.165) is 4.90 Å². The lowest BCUT2D eigenvalue weighted by Crippen LogP contribution is -2.73. The van der Waals surface area contributed by atoms with E-state index in [0.29, 0.717) is 0 Å². The first-order valence-electron chi connectivity index (χ1n) is 7.52. The van der Waals surface area contributed by atoms with Crippen molar-refractivity contribution in [1.29, 1.82) is 0 Å². The molecular weight excluding hydrogens is 336 g/mol. The van der Waals surface area contributed by atoms with Gasteiger partial charge in [-0.2, -0.15) is 0 Å². The maximum absolute atomic E-state index is 12.5. The number of carbonyl (C=O) groups is 2. The SMILES string of the molecule is C=CCC12NC(=O)N([C@@H]3O[C@H](CO)C(O)C3O)C1=NC(N)(N)NC2=O. The summed E-state index contributed by atoms with van der Waals surface area (Å²) < 4.78 is 5.36. The zero-order valence-electron chi connectivity index (χ0n) is 13.1. The van der Waals surface area contributed by atoms with E-state index in [9.17, 15) is 24.9 Å². The molecule has 12 heteroatoms. The summed E-state index contributed by atoms with van der Waals surface area (Å²) in [6.07, 6.45) is -4.10. The molecule has 0 aromatic carbocycles. The first kappa shape index (κ1) is 17.7. The Bertz CT molecular complexity index is 653. The number of nitrogens with two attached hydrogens (primary N) is 2. The summed E-state index contributed by atoms with van der Waals surface area (Å²) in [4.78, 5) is 29.9. The van der Waals surface area contributed by atoms with Gasteiger partial charge in [-0.15, -0.1) is 6.58 Å². The van der Waals surface area contributed by atoms with Gasteiger partial charge in [0.2, 0.25) is 5.91 Å². The topological polar surface area (TPSA) is 196 Å². The largest absolute Gasteiger partial charge is 0.394 e. The number of aliphatic imine (C=N–C) groups is 1. The third kappa shape index (κ3) is 2.50. The minimum atomic E-state index is -1.97. The Balaban J connectivity index is 2.06. The van der Waals surface area contributed by atoms with Crippen LogP contribution in [-0.2, 0) is 9.53 Å². The molecular formula is C13H20N6O6. The van der Waals surface area contributed by atoms with Gasteiger partial charge in [0, 0.05) is 6.42 Å². The molecule has 0 aliphatic carbocycles. The highest BCUT2D eigenvalue weighted by Crippen LogP contribution is 2.33. The predicted molar refractivity (Wildman–Crippen MR) is 82.4 cm³/mol. The van der Waals surface area contributed by atoms with Crippen molar-refractivity contribution in [2.75, 3.05) is 6.61 Å². The number of nitrogens with zero attached hydrogens (tertiary/aromatic N) is 2. The fourth-order valence-corrected chi connectivity index (χ4v) is 3.18. The third-order valence-electron chi connectivity index (χ3n) is 4.36. The molecule has 3 aliphatic rings. The fraction of sp³-hybridized carbons (Fsp3) is 0.615. The van der Waals surface area contributed by atoms with Crippen LogP contribution in [0.1, 0.15) is 6.42 Å². The second kappa shape index (κ2) is 5.72. The zero-order chi connectivity index (χ0) is 18.6. The standard InChI is InChI=1S/C13H20N6O6/c1-2-3-12-9(16-13(14,15)17-10(12)23)19(11(24)18-12)8-7(22)6(21)5(4-20)25-8/h2,5-8,20-22H,1,3-4,14-15H2,(H,17,23)(H,18,24)/t5-,6?,7?,8-,12?/m1/s1. The van der Waals surface area contributed by atoms with Crippen LogP contribution in [0.5, 0.6) is 0 Å². The van der Waals surface area contributed by atoms with E-state index in [1.165, 1.54) is 6.08 Å². The van der Waals surface area contributed by atoms with Gasteiger partial charge in [-0.05, 0) is 0 Å². The van der Waals surface area contributed by atoms with Crippen molar-refractivity contribution in [3.05, 3.63) is 12.7 Å². The fourth-order valence-electron chi connectivity index (χ4n) is 3.18. The molecule has 2 fully saturated rings. The molecule has 3 amide bonds. The van der Waals surface area contributed by atoms with E-state index in [-0.39, 0.29) is 12.3 Å². The van der Waals surface area contributed by atoms with Crippen molar-refractivity contribution in [1.82, 2.24) is 15.5 Å². The maximum atomic E-state index is 12.5. The number of aliphatic hydroxyl groups is 3. The molecule has 138 valence electrons. The van der Waals surface area contributed by atoms with E-state index < -0.39 is 54.5 Å². The van der Waals surface area contributed by atoms with Gasteiger partial charge in [-0.25, -0.2) is 14.7 Å². The number of carbonyl (C=O) groups excluding carboxylic acids is 2. The molecule has 0 bridgehead atoms. The van der Waals surface area contributed by atoms with Crippen LogP contribution in [0, 0.1) is 0 Å². The summed E-state index contributed by atoms with van der Waals surface area (Å²) in [5.41, 5.74) is 9.73. The highest BCUT2D eigenvalue weighted by Gasteiger charge is 2.62. The van der Waals surface area contributed by atoms with Crippen LogP contribution in [0.3, 0.4) is 0 Å². The molecule has 0 saturated carbocycles. The minimum absolute atomic E-state index is 0.0230. The van der Waals surface area contributed by atoms with Crippen LogP contribution in [0.2, 0.25) is 0 Å². The van der Waals surface area contributed by atoms with Gasteiger partial charge < -0.3 is 30.7 Å². The van der Waals surface area contributed by atoms with Crippen LogP contribution >= 0.6 is 0 Å². The van der Waals surface area contributed by atoms with Crippen molar-refractivity contribution in [2.45, 2.75) is 42.4 Å². The van der Waals surface area contributed by atoms with Crippen molar-refractivity contribution in [2.24, 2.45) is 16.5 Å². The average Bonchev–Trinajstić information content (AvgIpc) is 2.95. The van der Waals surface area contributed by atoms with Crippen molar-refractivity contribution < 1.29 is 29.6 Å². The summed E-state index contributed by atoms with van der Waals surface area (Å²) in [5, 5.41) is 34.1.